The summed E-state index contributed by atoms with van der Waals surface area (Å²) in [4.78, 5) is 24.4. The van der Waals surface area contributed by atoms with Crippen molar-refractivity contribution in [2.75, 3.05) is 37.4 Å². The number of nitrogens with one attached hydrogen (secondary N) is 1. The fraction of sp³-hybridized carbons (Fsp3) is 0.385. The van der Waals surface area contributed by atoms with Crippen molar-refractivity contribution in [1.82, 2.24) is 4.57 Å². The number of aromatic carboxylic acids is 1. The maximum atomic E-state index is 15.4. The number of carbonyl (C=O) groups is 1. The summed E-state index contributed by atoms with van der Waals surface area (Å²) in [5.41, 5.74) is 5.72. The summed E-state index contributed by atoms with van der Waals surface area (Å²) in [6.45, 7) is 7.30. The van der Waals surface area contributed by atoms with Crippen molar-refractivity contribution in [3.8, 4) is 17.2 Å². The minimum Gasteiger partial charge on any atom is -0.490 e. The number of nitrogens with zero attached hydrogens (tertiary/aromatic N) is 1. The van der Waals surface area contributed by atoms with Gasteiger partial charge in [0.05, 0.1) is 35.8 Å². The second kappa shape index (κ2) is 10.3. The molecular weight excluding hydrogens is 469 g/mol. The lowest BCUT2D eigenvalue weighted by atomic mass is 10.0. The molecule has 0 spiro atoms. The Balaban J connectivity index is 1.60. The van der Waals surface area contributed by atoms with Crippen LogP contribution in [-0.4, -0.2) is 42.0 Å². The van der Waals surface area contributed by atoms with Crippen LogP contribution in [0.5, 0.6) is 17.2 Å². The van der Waals surface area contributed by atoms with Crippen LogP contribution in [0.3, 0.4) is 0 Å². The highest BCUT2D eigenvalue weighted by molar-refractivity contribution is 6.03. The lowest BCUT2D eigenvalue weighted by Crippen LogP contribution is -2.28. The number of carboxylic acids is 1. The highest BCUT2D eigenvalue weighted by Crippen LogP contribution is 2.43. The molecule has 10 heteroatoms. The fourth-order valence-corrected chi connectivity index (χ4v) is 4.42. The van der Waals surface area contributed by atoms with Crippen LogP contribution in [0.1, 0.15) is 49.2 Å². The summed E-state index contributed by atoms with van der Waals surface area (Å²) in [5.74, 6) is -0.697. The summed E-state index contributed by atoms with van der Waals surface area (Å²) < 4.78 is 34.1. The highest BCUT2D eigenvalue weighted by Gasteiger charge is 2.30. The Labute approximate surface area is 207 Å². The number of aryl methyl sites for hydroxylation is 1. The summed E-state index contributed by atoms with van der Waals surface area (Å²) >= 11 is 0. The number of hydrogen-bond donors (Lipinski definition) is 3. The molecule has 0 saturated heterocycles. The largest absolute Gasteiger partial charge is 0.490 e. The van der Waals surface area contributed by atoms with Crippen molar-refractivity contribution in [2.24, 2.45) is 0 Å². The van der Waals surface area contributed by atoms with E-state index in [1.807, 2.05) is 39.0 Å². The number of nitrogen functional groups attached to an aromatic ring is 1. The minimum absolute atomic E-state index is 0.0600. The first-order valence-electron chi connectivity index (χ1n) is 12.0. The molecule has 0 aliphatic carbocycles. The van der Waals surface area contributed by atoms with Gasteiger partial charge in [-0.3, -0.25) is 4.79 Å². The Kier molecular flexibility index (Phi) is 7.23. The van der Waals surface area contributed by atoms with E-state index in [1.54, 1.807) is 4.57 Å². The molecule has 2 aromatic carbocycles. The molecule has 1 atom stereocenters. The molecule has 0 bridgehead atoms. The Bertz CT molecular complexity index is 1370. The van der Waals surface area contributed by atoms with Gasteiger partial charge >= 0.3 is 5.97 Å². The SMILES string of the molecule is CCOc1ccc(CCCNc2c(F)c(N)c3c(=O)c(C(=O)O)cn4c3c2OC[C@@H]4C)cc1OCC. The lowest BCUT2D eigenvalue weighted by Gasteiger charge is -2.29. The van der Waals surface area contributed by atoms with E-state index in [0.717, 1.165) is 5.56 Å². The van der Waals surface area contributed by atoms with E-state index >= 15 is 4.39 Å². The third-order valence-corrected chi connectivity index (χ3v) is 6.13. The molecule has 2 heterocycles. The number of nitrogens with two attached hydrogens (primary N) is 1. The van der Waals surface area contributed by atoms with Crippen molar-refractivity contribution < 1.29 is 28.5 Å². The van der Waals surface area contributed by atoms with Crippen LogP contribution in [0.15, 0.2) is 29.2 Å². The van der Waals surface area contributed by atoms with Crippen LogP contribution < -0.4 is 30.7 Å². The smallest absolute Gasteiger partial charge is 0.341 e. The van der Waals surface area contributed by atoms with Gasteiger partial charge in [-0.1, -0.05) is 6.07 Å². The van der Waals surface area contributed by atoms with Crippen LogP contribution in [0.2, 0.25) is 0 Å². The molecule has 9 nitrogen and oxygen atoms in total. The average Bonchev–Trinajstić information content (AvgIpc) is 2.85. The van der Waals surface area contributed by atoms with Gasteiger partial charge in [0.25, 0.3) is 0 Å². The van der Waals surface area contributed by atoms with Gasteiger partial charge in [0, 0.05) is 12.7 Å². The number of hydrogen-bond acceptors (Lipinski definition) is 7. The van der Waals surface area contributed by atoms with Gasteiger partial charge in [0.15, 0.2) is 23.1 Å². The molecule has 0 unspecified atom stereocenters. The maximum Gasteiger partial charge on any atom is 0.341 e. The second-order valence-electron chi connectivity index (χ2n) is 8.58. The zero-order valence-corrected chi connectivity index (χ0v) is 20.5. The number of ether oxygens (including phenoxy) is 3. The monoisotopic (exact) mass is 499 g/mol. The van der Waals surface area contributed by atoms with Crippen LogP contribution in [0, 0.1) is 5.82 Å². The Hall–Kier alpha value is -3.95. The summed E-state index contributed by atoms with van der Waals surface area (Å²) in [6, 6.07) is 5.52. The van der Waals surface area contributed by atoms with Crippen LogP contribution in [-0.2, 0) is 6.42 Å². The normalized spacial score (nSPS) is 14.4. The molecule has 4 N–H and O–H groups in total. The number of anilines is 2. The van der Waals surface area contributed by atoms with E-state index in [-0.39, 0.29) is 35.0 Å². The van der Waals surface area contributed by atoms with E-state index in [4.69, 9.17) is 19.9 Å². The van der Waals surface area contributed by atoms with E-state index in [2.05, 4.69) is 5.32 Å². The van der Waals surface area contributed by atoms with Gasteiger partial charge in [0.2, 0.25) is 5.43 Å². The predicted octanol–water partition coefficient (Wildman–Crippen LogP) is 4.22. The zero-order chi connectivity index (χ0) is 26.0. The second-order valence-corrected chi connectivity index (χ2v) is 8.58. The third-order valence-electron chi connectivity index (χ3n) is 6.13. The summed E-state index contributed by atoms with van der Waals surface area (Å²) in [6.07, 6.45) is 2.63. The van der Waals surface area contributed by atoms with Gasteiger partial charge in [-0.2, -0.15) is 0 Å². The first-order chi connectivity index (χ1) is 17.3. The van der Waals surface area contributed by atoms with E-state index in [0.29, 0.717) is 44.1 Å². The van der Waals surface area contributed by atoms with Gasteiger partial charge in [-0.05, 0) is 51.3 Å². The Morgan fingerprint density at radius 3 is 2.69 bits per heavy atom. The van der Waals surface area contributed by atoms with Gasteiger partial charge in [-0.15, -0.1) is 0 Å². The molecule has 3 aromatic rings. The topological polar surface area (TPSA) is 125 Å². The number of rotatable bonds is 10. The zero-order valence-electron chi connectivity index (χ0n) is 20.5. The summed E-state index contributed by atoms with van der Waals surface area (Å²) in [5, 5.41) is 12.3. The molecule has 1 aliphatic heterocycles. The predicted molar refractivity (Wildman–Crippen MR) is 135 cm³/mol. The van der Waals surface area contributed by atoms with E-state index < -0.39 is 28.5 Å². The maximum absolute atomic E-state index is 15.4. The van der Waals surface area contributed by atoms with Crippen LogP contribution in [0.4, 0.5) is 15.8 Å². The third kappa shape index (κ3) is 4.50. The molecule has 0 radical (unpaired) electrons. The van der Waals surface area contributed by atoms with Gasteiger partial charge in [0.1, 0.15) is 17.9 Å². The van der Waals surface area contributed by atoms with E-state index in [9.17, 15) is 14.7 Å². The quantitative estimate of drug-likeness (QED) is 0.280. The number of carboxylic acid groups (broad SMARTS) is 1. The number of aromatic nitrogens is 1. The average molecular weight is 500 g/mol. The van der Waals surface area contributed by atoms with Gasteiger partial charge < -0.3 is 34.9 Å². The first-order valence-corrected chi connectivity index (χ1v) is 12.0. The number of pyridine rings is 1. The Morgan fingerprint density at radius 1 is 1.28 bits per heavy atom. The van der Waals surface area contributed by atoms with Crippen molar-refractivity contribution in [2.45, 2.75) is 39.7 Å². The molecular formula is C26H30FN3O6. The van der Waals surface area contributed by atoms with Crippen LogP contribution >= 0.6 is 0 Å². The van der Waals surface area contributed by atoms with Crippen LogP contribution in [0.25, 0.3) is 10.9 Å². The molecule has 36 heavy (non-hydrogen) atoms. The molecule has 0 fully saturated rings. The standard InChI is InChI=1S/C26H30FN3O6/c1-4-34-17-9-8-15(11-18(17)35-5-2)7-6-10-29-22-20(27)21(28)19-23-25(22)36-13-14(3)30(23)12-16(24(19)31)26(32)33/h8-9,11-12,14,29H,4-7,10,13,28H2,1-3H3,(H,32,33)/t14-/m0/s1. The Morgan fingerprint density at radius 2 is 2.00 bits per heavy atom. The van der Waals surface area contributed by atoms with Crippen molar-refractivity contribution in [1.29, 1.82) is 0 Å². The highest BCUT2D eigenvalue weighted by atomic mass is 19.1. The minimum atomic E-state index is -1.39. The first kappa shape index (κ1) is 25.2. The van der Waals surface area contributed by atoms with Crippen molar-refractivity contribution in [3.63, 3.8) is 0 Å². The molecule has 192 valence electrons. The molecule has 0 saturated carbocycles. The van der Waals surface area contributed by atoms with E-state index in [1.165, 1.54) is 6.20 Å². The number of halogens is 1. The number of benzene rings is 2. The van der Waals surface area contributed by atoms with Crippen molar-refractivity contribution >= 4 is 28.2 Å². The molecule has 0 amide bonds. The molecule has 1 aliphatic rings. The summed E-state index contributed by atoms with van der Waals surface area (Å²) in [7, 11) is 0. The fourth-order valence-electron chi connectivity index (χ4n) is 4.42. The lowest BCUT2D eigenvalue weighted by molar-refractivity contribution is 0.0694. The molecule has 1 aromatic heterocycles. The molecule has 4 rings (SSSR count). The van der Waals surface area contributed by atoms with Crippen molar-refractivity contribution in [3.05, 3.63) is 51.6 Å². The van der Waals surface area contributed by atoms with Gasteiger partial charge in [-0.25, -0.2) is 9.18 Å².